The number of aliphatic hydroxyl groups is 1. The van der Waals surface area contributed by atoms with Gasteiger partial charge in [-0.05, 0) is 25.5 Å². The van der Waals surface area contributed by atoms with Crippen LogP contribution >= 0.6 is 11.6 Å². The summed E-state index contributed by atoms with van der Waals surface area (Å²) in [5.41, 5.74) is 1.68. The van der Waals surface area contributed by atoms with E-state index in [1.165, 1.54) is 0 Å². The van der Waals surface area contributed by atoms with Crippen LogP contribution in [-0.2, 0) is 0 Å². The summed E-state index contributed by atoms with van der Waals surface area (Å²) in [5.74, 6) is 0.313. The minimum Gasteiger partial charge on any atom is -0.392 e. The molecule has 0 bridgehead atoms. The van der Waals surface area contributed by atoms with E-state index < -0.39 is 0 Å². The van der Waals surface area contributed by atoms with Crippen molar-refractivity contribution in [2.24, 2.45) is 0 Å². The summed E-state index contributed by atoms with van der Waals surface area (Å²) in [4.78, 5) is 14.5. The minimum absolute atomic E-state index is 0.0868. The maximum Gasteiger partial charge on any atom is 0.259 e. The summed E-state index contributed by atoms with van der Waals surface area (Å²) in [6, 6.07) is 7.26. The molecule has 2 aromatic rings. The molecule has 2 heterocycles. The molecule has 6 nitrogen and oxygen atoms in total. The van der Waals surface area contributed by atoms with Gasteiger partial charge in [0, 0.05) is 36.8 Å². The van der Waals surface area contributed by atoms with Gasteiger partial charge >= 0.3 is 0 Å². The van der Waals surface area contributed by atoms with E-state index in [9.17, 15) is 9.90 Å². The van der Waals surface area contributed by atoms with Crippen LogP contribution in [0.25, 0.3) is 11.3 Å². The quantitative estimate of drug-likeness (QED) is 0.883. The molecule has 2 N–H and O–H groups in total. The normalized spacial score (nSPS) is 20.3. The Morgan fingerprint density at radius 2 is 2.33 bits per heavy atom. The molecule has 2 atom stereocenters. The van der Waals surface area contributed by atoms with Crippen molar-refractivity contribution in [2.45, 2.75) is 25.5 Å². The van der Waals surface area contributed by atoms with Crippen LogP contribution < -0.4 is 5.32 Å². The van der Waals surface area contributed by atoms with Crippen molar-refractivity contribution in [1.82, 2.24) is 15.4 Å². The summed E-state index contributed by atoms with van der Waals surface area (Å²) in [6.07, 6.45) is 0.291. The smallest absolute Gasteiger partial charge is 0.259 e. The molecular formula is C17H20ClN3O3. The summed E-state index contributed by atoms with van der Waals surface area (Å²) in [6.45, 7) is 2.79. The Morgan fingerprint density at radius 3 is 3.00 bits per heavy atom. The lowest BCUT2D eigenvalue weighted by Gasteiger charge is -2.21. The van der Waals surface area contributed by atoms with Gasteiger partial charge in [-0.1, -0.05) is 28.9 Å². The number of β-amino-alcohol motifs (C(OH)–C–C–N with tert-alkyl or cyclic N) is 1. The van der Waals surface area contributed by atoms with E-state index in [2.05, 4.69) is 10.5 Å². The van der Waals surface area contributed by atoms with Gasteiger partial charge in [0.15, 0.2) is 0 Å². The SMILES string of the molecule is Cc1onc(-c2cccc(Cl)c2)c1C(=O)N(C)C[C@@H]1C[C@@H](O)CN1. The molecule has 1 fully saturated rings. The molecule has 3 rings (SSSR count). The molecule has 24 heavy (non-hydrogen) atoms. The van der Waals surface area contributed by atoms with Gasteiger partial charge in [-0.25, -0.2) is 0 Å². The summed E-state index contributed by atoms with van der Waals surface area (Å²) in [5, 5.41) is 17.4. The molecular weight excluding hydrogens is 330 g/mol. The molecule has 1 saturated heterocycles. The predicted octanol–water partition coefficient (Wildman–Crippen LogP) is 2.10. The van der Waals surface area contributed by atoms with E-state index in [1.807, 2.05) is 12.1 Å². The maximum atomic E-state index is 12.9. The van der Waals surface area contributed by atoms with Gasteiger partial charge in [-0.2, -0.15) is 0 Å². The van der Waals surface area contributed by atoms with Crippen LogP contribution in [0.1, 0.15) is 22.5 Å². The molecule has 0 unspecified atom stereocenters. The Labute approximate surface area is 145 Å². The van der Waals surface area contributed by atoms with Crippen molar-refractivity contribution in [1.29, 1.82) is 0 Å². The molecule has 1 aromatic carbocycles. The van der Waals surface area contributed by atoms with E-state index >= 15 is 0 Å². The van der Waals surface area contributed by atoms with Gasteiger partial charge in [0.2, 0.25) is 0 Å². The highest BCUT2D eigenvalue weighted by atomic mass is 35.5. The monoisotopic (exact) mass is 349 g/mol. The zero-order valence-electron chi connectivity index (χ0n) is 13.6. The number of aromatic nitrogens is 1. The van der Waals surface area contributed by atoms with Crippen molar-refractivity contribution in [3.05, 3.63) is 40.6 Å². The van der Waals surface area contributed by atoms with Gasteiger partial charge in [0.1, 0.15) is 17.0 Å². The average Bonchev–Trinajstić information content (AvgIpc) is 3.12. The number of halogens is 1. The number of hydrogen-bond donors (Lipinski definition) is 2. The van der Waals surface area contributed by atoms with Gasteiger partial charge in [0.05, 0.1) is 6.10 Å². The van der Waals surface area contributed by atoms with Crippen molar-refractivity contribution in [3.63, 3.8) is 0 Å². The number of carbonyl (C=O) groups excluding carboxylic acids is 1. The first-order valence-corrected chi connectivity index (χ1v) is 8.22. The highest BCUT2D eigenvalue weighted by Crippen LogP contribution is 2.28. The van der Waals surface area contributed by atoms with Crippen LogP contribution in [0.5, 0.6) is 0 Å². The van der Waals surface area contributed by atoms with Crippen molar-refractivity contribution >= 4 is 17.5 Å². The molecule has 1 aliphatic rings. The highest BCUT2D eigenvalue weighted by molar-refractivity contribution is 6.30. The first-order valence-electron chi connectivity index (χ1n) is 7.85. The molecule has 7 heteroatoms. The Morgan fingerprint density at radius 1 is 1.54 bits per heavy atom. The third-order valence-electron chi connectivity index (χ3n) is 4.21. The summed E-state index contributed by atoms with van der Waals surface area (Å²) >= 11 is 6.04. The number of likely N-dealkylation sites (N-methyl/N-ethyl adjacent to an activating group) is 1. The number of rotatable bonds is 4. The van der Waals surface area contributed by atoms with Crippen molar-refractivity contribution < 1.29 is 14.4 Å². The molecule has 0 radical (unpaired) electrons. The first-order chi connectivity index (χ1) is 11.5. The van der Waals surface area contributed by atoms with E-state index in [0.29, 0.717) is 41.6 Å². The maximum absolute atomic E-state index is 12.9. The van der Waals surface area contributed by atoms with E-state index in [0.717, 1.165) is 5.56 Å². The number of nitrogens with one attached hydrogen (secondary N) is 1. The summed E-state index contributed by atoms with van der Waals surface area (Å²) in [7, 11) is 1.74. The van der Waals surface area contributed by atoms with E-state index in [4.69, 9.17) is 16.1 Å². The van der Waals surface area contributed by atoms with E-state index in [1.54, 1.807) is 31.0 Å². The number of aliphatic hydroxyl groups excluding tert-OH is 1. The lowest BCUT2D eigenvalue weighted by molar-refractivity contribution is 0.0779. The van der Waals surface area contributed by atoms with Crippen molar-refractivity contribution in [2.75, 3.05) is 20.1 Å². The zero-order chi connectivity index (χ0) is 17.3. The minimum atomic E-state index is -0.349. The average molecular weight is 350 g/mol. The number of carbonyl (C=O) groups is 1. The largest absolute Gasteiger partial charge is 0.392 e. The van der Waals surface area contributed by atoms with Crippen LogP contribution in [-0.4, -0.2) is 53.4 Å². The second kappa shape index (κ2) is 6.93. The second-order valence-electron chi connectivity index (χ2n) is 6.15. The van der Waals surface area contributed by atoms with E-state index in [-0.39, 0.29) is 18.1 Å². The number of nitrogens with zero attached hydrogens (tertiary/aromatic N) is 2. The van der Waals surface area contributed by atoms with Crippen LogP contribution in [0.3, 0.4) is 0 Å². The third kappa shape index (κ3) is 3.45. The van der Waals surface area contributed by atoms with Gasteiger partial charge in [-0.3, -0.25) is 4.79 Å². The van der Waals surface area contributed by atoms with Gasteiger partial charge in [-0.15, -0.1) is 0 Å². The fourth-order valence-electron chi connectivity index (χ4n) is 3.00. The lowest BCUT2D eigenvalue weighted by atomic mass is 10.0. The van der Waals surface area contributed by atoms with Crippen LogP contribution in [0.4, 0.5) is 0 Å². The number of amides is 1. The standard InChI is InChI=1S/C17H20ClN3O3/c1-10-15(16(20-24-10)11-4-3-5-12(18)6-11)17(23)21(2)9-13-7-14(22)8-19-13/h3-6,13-14,19,22H,7-9H2,1-2H3/t13-,14+/m0/s1. The van der Waals surface area contributed by atoms with Gasteiger partial charge < -0.3 is 19.8 Å². The molecule has 1 amide bonds. The second-order valence-corrected chi connectivity index (χ2v) is 6.59. The number of benzene rings is 1. The Balaban J connectivity index is 1.83. The van der Waals surface area contributed by atoms with Crippen molar-refractivity contribution in [3.8, 4) is 11.3 Å². The Kier molecular flexibility index (Phi) is 4.89. The highest BCUT2D eigenvalue weighted by Gasteiger charge is 2.28. The third-order valence-corrected chi connectivity index (χ3v) is 4.45. The molecule has 0 aliphatic carbocycles. The molecule has 0 saturated carbocycles. The number of hydrogen-bond acceptors (Lipinski definition) is 5. The fraction of sp³-hybridized carbons (Fsp3) is 0.412. The fourth-order valence-corrected chi connectivity index (χ4v) is 3.19. The zero-order valence-corrected chi connectivity index (χ0v) is 14.4. The predicted molar refractivity (Wildman–Crippen MR) is 91.1 cm³/mol. The topological polar surface area (TPSA) is 78.6 Å². The Hall–Kier alpha value is -1.89. The van der Waals surface area contributed by atoms with Gasteiger partial charge in [0.25, 0.3) is 5.91 Å². The molecule has 1 aliphatic heterocycles. The van der Waals surface area contributed by atoms with Crippen LogP contribution in [0.2, 0.25) is 5.02 Å². The first kappa shape index (κ1) is 17.0. The lowest BCUT2D eigenvalue weighted by Crippen LogP contribution is -2.38. The van der Waals surface area contributed by atoms with Crippen LogP contribution in [0.15, 0.2) is 28.8 Å². The molecule has 0 spiro atoms. The molecule has 1 aromatic heterocycles. The molecule has 128 valence electrons. The summed E-state index contributed by atoms with van der Waals surface area (Å²) < 4.78 is 5.25. The Bertz CT molecular complexity index is 746. The van der Waals surface area contributed by atoms with Crippen LogP contribution in [0, 0.1) is 6.92 Å². The number of aryl methyl sites for hydroxylation is 1.